The molecule has 94 valence electrons. The van der Waals surface area contributed by atoms with Crippen LogP contribution in [0.1, 0.15) is 12.2 Å². The lowest BCUT2D eigenvalue weighted by Crippen LogP contribution is -2.40. The lowest BCUT2D eigenvalue weighted by Gasteiger charge is -2.05. The second-order valence-electron chi connectivity index (χ2n) is 3.35. The van der Waals surface area contributed by atoms with Crippen molar-refractivity contribution >= 4 is 23.5 Å². The van der Waals surface area contributed by atoms with Crippen molar-refractivity contribution in [2.45, 2.75) is 12.8 Å². The average Bonchev–Trinajstić information content (AvgIpc) is 2.64. The van der Waals surface area contributed by atoms with E-state index in [9.17, 15) is 9.59 Å². The molecule has 3 amide bonds. The molecule has 0 radical (unpaired) electrons. The van der Waals surface area contributed by atoms with Gasteiger partial charge in [0.25, 0.3) is 0 Å². The molecule has 1 heterocycles. The van der Waals surface area contributed by atoms with E-state index >= 15 is 0 Å². The number of nitrogens with one attached hydrogen (secondary N) is 2. The number of rotatable bonds is 5. The van der Waals surface area contributed by atoms with Gasteiger partial charge in [-0.1, -0.05) is 0 Å². The topological polar surface area (TPSA) is 88.9 Å². The standard InChI is InChI=1S/C9H14ClN5O2/c1-15-6-12-14-7(15)3-5-11-9(17)13-8(16)2-4-10/h6H,2-5H2,1H3,(H2,11,13,16,17). The first-order valence-corrected chi connectivity index (χ1v) is 5.63. The summed E-state index contributed by atoms with van der Waals surface area (Å²) in [5.41, 5.74) is 0. The third-order valence-corrected chi connectivity index (χ3v) is 2.20. The molecule has 0 fully saturated rings. The molecule has 0 spiro atoms. The fourth-order valence-corrected chi connectivity index (χ4v) is 1.31. The van der Waals surface area contributed by atoms with E-state index in [1.807, 2.05) is 7.05 Å². The third-order valence-electron chi connectivity index (χ3n) is 2.01. The number of hydrogen-bond acceptors (Lipinski definition) is 4. The Morgan fingerprint density at radius 2 is 2.29 bits per heavy atom. The van der Waals surface area contributed by atoms with Crippen molar-refractivity contribution in [3.8, 4) is 0 Å². The second-order valence-corrected chi connectivity index (χ2v) is 3.73. The van der Waals surface area contributed by atoms with Crippen molar-refractivity contribution in [2.24, 2.45) is 7.05 Å². The van der Waals surface area contributed by atoms with E-state index in [4.69, 9.17) is 11.6 Å². The van der Waals surface area contributed by atoms with Crippen molar-refractivity contribution in [1.29, 1.82) is 0 Å². The lowest BCUT2D eigenvalue weighted by atomic mass is 10.4. The molecule has 1 rings (SSSR count). The maximum Gasteiger partial charge on any atom is 0.321 e. The summed E-state index contributed by atoms with van der Waals surface area (Å²) in [6.45, 7) is 0.381. The highest BCUT2D eigenvalue weighted by Gasteiger charge is 2.06. The molecule has 0 aliphatic carbocycles. The van der Waals surface area contributed by atoms with E-state index in [0.29, 0.717) is 13.0 Å². The van der Waals surface area contributed by atoms with Gasteiger partial charge in [0.2, 0.25) is 5.91 Å². The van der Waals surface area contributed by atoms with Gasteiger partial charge < -0.3 is 9.88 Å². The van der Waals surface area contributed by atoms with Crippen LogP contribution in [0.25, 0.3) is 0 Å². The Balaban J connectivity index is 2.21. The van der Waals surface area contributed by atoms with Crippen LogP contribution in [-0.2, 0) is 18.3 Å². The predicted octanol–water partition coefficient (Wildman–Crippen LogP) is -0.188. The summed E-state index contributed by atoms with van der Waals surface area (Å²) in [7, 11) is 1.82. The molecule has 0 aliphatic rings. The summed E-state index contributed by atoms with van der Waals surface area (Å²) < 4.78 is 1.76. The van der Waals surface area contributed by atoms with E-state index in [-0.39, 0.29) is 12.3 Å². The Bertz CT molecular complexity index is 392. The van der Waals surface area contributed by atoms with Crippen LogP contribution >= 0.6 is 11.6 Å². The smallest absolute Gasteiger partial charge is 0.321 e. The average molecular weight is 260 g/mol. The van der Waals surface area contributed by atoms with E-state index in [1.54, 1.807) is 10.9 Å². The number of urea groups is 1. The van der Waals surface area contributed by atoms with E-state index in [2.05, 4.69) is 20.8 Å². The summed E-state index contributed by atoms with van der Waals surface area (Å²) >= 11 is 5.36. The minimum absolute atomic E-state index is 0.123. The highest BCUT2D eigenvalue weighted by Crippen LogP contribution is 1.91. The summed E-state index contributed by atoms with van der Waals surface area (Å²) in [6, 6.07) is -0.526. The molecule has 0 saturated carbocycles. The molecule has 2 N–H and O–H groups in total. The predicted molar refractivity (Wildman–Crippen MR) is 61.6 cm³/mol. The van der Waals surface area contributed by atoms with Crippen molar-refractivity contribution in [2.75, 3.05) is 12.4 Å². The lowest BCUT2D eigenvalue weighted by molar-refractivity contribution is -0.119. The van der Waals surface area contributed by atoms with Crippen LogP contribution in [0.15, 0.2) is 6.33 Å². The van der Waals surface area contributed by atoms with Gasteiger partial charge in [-0.05, 0) is 0 Å². The molecule has 0 unspecified atom stereocenters. The second kappa shape index (κ2) is 6.85. The number of aromatic nitrogens is 3. The fourth-order valence-electron chi connectivity index (χ4n) is 1.14. The van der Waals surface area contributed by atoms with Gasteiger partial charge in [0, 0.05) is 32.3 Å². The molecule has 0 saturated heterocycles. The third kappa shape index (κ3) is 4.81. The fraction of sp³-hybridized carbons (Fsp3) is 0.556. The van der Waals surface area contributed by atoms with Gasteiger partial charge in [-0.3, -0.25) is 10.1 Å². The normalized spacial score (nSPS) is 10.0. The molecular weight excluding hydrogens is 246 g/mol. The number of aryl methyl sites for hydroxylation is 1. The molecule has 8 heteroatoms. The summed E-state index contributed by atoms with van der Waals surface area (Å²) in [4.78, 5) is 22.2. The minimum Gasteiger partial charge on any atom is -0.337 e. The number of carbonyl (C=O) groups is 2. The van der Waals surface area contributed by atoms with E-state index in [0.717, 1.165) is 5.82 Å². The van der Waals surface area contributed by atoms with Crippen LogP contribution in [0.5, 0.6) is 0 Å². The molecule has 7 nitrogen and oxygen atoms in total. The maximum absolute atomic E-state index is 11.2. The molecule has 0 aliphatic heterocycles. The number of amides is 3. The van der Waals surface area contributed by atoms with Gasteiger partial charge in [0.1, 0.15) is 12.2 Å². The quantitative estimate of drug-likeness (QED) is 0.718. The highest BCUT2D eigenvalue weighted by molar-refractivity contribution is 6.19. The molecule has 1 aromatic heterocycles. The van der Waals surface area contributed by atoms with E-state index < -0.39 is 11.9 Å². The Kier molecular flexibility index (Phi) is 5.41. The summed E-state index contributed by atoms with van der Waals surface area (Å²) in [5, 5.41) is 12.3. The van der Waals surface area contributed by atoms with Crippen LogP contribution in [0.4, 0.5) is 4.79 Å². The van der Waals surface area contributed by atoms with Gasteiger partial charge >= 0.3 is 6.03 Å². The molecular formula is C9H14ClN5O2. The van der Waals surface area contributed by atoms with Crippen molar-refractivity contribution < 1.29 is 9.59 Å². The van der Waals surface area contributed by atoms with Crippen LogP contribution < -0.4 is 10.6 Å². The number of imide groups is 1. The first-order valence-electron chi connectivity index (χ1n) is 5.10. The highest BCUT2D eigenvalue weighted by atomic mass is 35.5. The number of nitrogens with zero attached hydrogens (tertiary/aromatic N) is 3. The van der Waals surface area contributed by atoms with Gasteiger partial charge in [-0.25, -0.2) is 4.79 Å². The van der Waals surface area contributed by atoms with Gasteiger partial charge in [-0.15, -0.1) is 21.8 Å². The van der Waals surface area contributed by atoms with Crippen molar-refractivity contribution in [3.05, 3.63) is 12.2 Å². The SMILES string of the molecule is Cn1cnnc1CCNC(=O)NC(=O)CCCl. The minimum atomic E-state index is -0.526. The zero-order valence-electron chi connectivity index (χ0n) is 9.44. The number of alkyl halides is 1. The molecule has 0 bridgehead atoms. The zero-order chi connectivity index (χ0) is 12.7. The van der Waals surface area contributed by atoms with Gasteiger partial charge in [0.15, 0.2) is 0 Å². The summed E-state index contributed by atoms with van der Waals surface area (Å²) in [6.07, 6.45) is 2.26. The maximum atomic E-state index is 11.2. The van der Waals surface area contributed by atoms with Crippen LogP contribution in [0.3, 0.4) is 0 Å². The van der Waals surface area contributed by atoms with Crippen molar-refractivity contribution in [3.63, 3.8) is 0 Å². The van der Waals surface area contributed by atoms with Gasteiger partial charge in [-0.2, -0.15) is 0 Å². The zero-order valence-corrected chi connectivity index (χ0v) is 10.2. The van der Waals surface area contributed by atoms with Crippen LogP contribution in [-0.4, -0.2) is 39.1 Å². The number of hydrogen-bond donors (Lipinski definition) is 2. The Morgan fingerprint density at radius 3 is 2.88 bits per heavy atom. The summed E-state index contributed by atoms with van der Waals surface area (Å²) in [5.74, 6) is 0.562. The first-order chi connectivity index (χ1) is 8.13. The molecule has 0 aromatic carbocycles. The monoisotopic (exact) mass is 259 g/mol. The van der Waals surface area contributed by atoms with Crippen LogP contribution in [0, 0.1) is 0 Å². The van der Waals surface area contributed by atoms with E-state index in [1.165, 1.54) is 0 Å². The molecule has 0 atom stereocenters. The largest absolute Gasteiger partial charge is 0.337 e. The number of carbonyl (C=O) groups excluding carboxylic acids is 2. The van der Waals surface area contributed by atoms with Crippen LogP contribution in [0.2, 0.25) is 0 Å². The van der Waals surface area contributed by atoms with Crippen molar-refractivity contribution in [1.82, 2.24) is 25.4 Å². The Labute approximate surface area is 104 Å². The van der Waals surface area contributed by atoms with Gasteiger partial charge in [0.05, 0.1) is 0 Å². The molecule has 17 heavy (non-hydrogen) atoms. The Hall–Kier alpha value is -1.63. The first kappa shape index (κ1) is 13.4. The number of halogens is 1. The molecule has 1 aromatic rings. The Morgan fingerprint density at radius 1 is 1.53 bits per heavy atom.